The van der Waals surface area contributed by atoms with Gasteiger partial charge in [0.1, 0.15) is 18.5 Å². The molecule has 1 aliphatic carbocycles. The van der Waals surface area contributed by atoms with Crippen LogP contribution in [0.3, 0.4) is 0 Å². The van der Waals surface area contributed by atoms with E-state index in [0.717, 1.165) is 77.8 Å². The van der Waals surface area contributed by atoms with Crippen LogP contribution in [-0.4, -0.2) is 46.7 Å². The van der Waals surface area contributed by atoms with Gasteiger partial charge in [0.2, 0.25) is 0 Å². The fraction of sp³-hybridized carbons (Fsp3) is 0.433. The van der Waals surface area contributed by atoms with Gasteiger partial charge in [-0.3, -0.25) is 9.88 Å². The Bertz CT molecular complexity index is 1410. The van der Waals surface area contributed by atoms with Crippen molar-refractivity contribution in [3.63, 3.8) is 0 Å². The predicted molar refractivity (Wildman–Crippen MR) is 141 cm³/mol. The maximum absolute atomic E-state index is 14.0. The van der Waals surface area contributed by atoms with Crippen molar-refractivity contribution in [1.29, 1.82) is 0 Å². The highest BCUT2D eigenvalue weighted by atomic mass is 19.1. The Morgan fingerprint density at radius 2 is 2.03 bits per heavy atom. The van der Waals surface area contributed by atoms with Gasteiger partial charge in [-0.05, 0) is 93.5 Å². The van der Waals surface area contributed by atoms with Crippen LogP contribution in [-0.2, 0) is 12.8 Å². The number of hydrogen-bond acceptors (Lipinski definition) is 4. The molecule has 188 valence electrons. The van der Waals surface area contributed by atoms with Crippen molar-refractivity contribution in [2.75, 3.05) is 19.7 Å². The van der Waals surface area contributed by atoms with Crippen LogP contribution in [0.2, 0.25) is 0 Å². The molecule has 3 heterocycles. The van der Waals surface area contributed by atoms with E-state index < -0.39 is 0 Å². The van der Waals surface area contributed by atoms with Gasteiger partial charge in [-0.1, -0.05) is 6.92 Å². The fourth-order valence-corrected chi connectivity index (χ4v) is 5.87. The molecule has 0 spiro atoms. The minimum absolute atomic E-state index is 0.0419. The van der Waals surface area contributed by atoms with Crippen molar-refractivity contribution in [2.24, 2.45) is 5.92 Å². The molecule has 2 aromatic carbocycles. The predicted octanol–water partition coefficient (Wildman–Crippen LogP) is 6.21. The average molecular weight is 488 g/mol. The molecule has 1 N–H and O–H groups in total. The van der Waals surface area contributed by atoms with Crippen LogP contribution in [0.1, 0.15) is 43.6 Å². The zero-order valence-corrected chi connectivity index (χ0v) is 21.3. The quantitative estimate of drug-likeness (QED) is 0.351. The summed E-state index contributed by atoms with van der Waals surface area (Å²) in [5.74, 6) is 1.97. The summed E-state index contributed by atoms with van der Waals surface area (Å²) in [6, 6.07) is 13.6. The van der Waals surface area contributed by atoms with E-state index in [1.807, 2.05) is 31.2 Å². The number of nitrogens with one attached hydrogen (secondary N) is 1. The van der Waals surface area contributed by atoms with E-state index in [4.69, 9.17) is 9.47 Å². The Hall–Kier alpha value is -3.12. The first-order valence-corrected chi connectivity index (χ1v) is 13.2. The topological polar surface area (TPSA) is 50.4 Å². The number of benzene rings is 2. The zero-order chi connectivity index (χ0) is 24.8. The van der Waals surface area contributed by atoms with Gasteiger partial charge in [0, 0.05) is 46.8 Å². The van der Waals surface area contributed by atoms with Crippen molar-refractivity contribution in [3.8, 4) is 11.5 Å². The average Bonchev–Trinajstić information content (AvgIpc) is 3.24. The molecule has 1 unspecified atom stereocenters. The third-order valence-electron chi connectivity index (χ3n) is 8.03. The normalized spacial score (nSPS) is 20.1. The van der Waals surface area contributed by atoms with E-state index in [9.17, 15) is 4.39 Å². The van der Waals surface area contributed by atoms with Crippen molar-refractivity contribution >= 4 is 21.8 Å². The first-order chi connectivity index (χ1) is 17.5. The molecule has 1 aliphatic heterocycles. The molecule has 0 radical (unpaired) electrons. The van der Waals surface area contributed by atoms with E-state index in [1.165, 1.54) is 17.3 Å². The van der Waals surface area contributed by atoms with Crippen LogP contribution < -0.4 is 9.47 Å². The molecule has 3 atom stereocenters. The standard InChI is InChI=1S/C30H34FN3O2/c1-4-19(3)34(15-20-6-9-27-24(13-20)25-14-21(31)7-10-28(25)33-27)16-22-17-35-29-12-11-26-23(30(29)36-22)8-5-18(2)32-26/h5,7-8,10-12,14,19-20,22,33H,4,6,9,13,15-17H2,1-3H3/t19?,20-,22+/m1/s1. The lowest BCUT2D eigenvalue weighted by Gasteiger charge is -2.37. The summed E-state index contributed by atoms with van der Waals surface area (Å²) in [6.45, 7) is 8.91. The van der Waals surface area contributed by atoms with Gasteiger partial charge in [-0.15, -0.1) is 0 Å². The van der Waals surface area contributed by atoms with Crippen molar-refractivity contribution in [1.82, 2.24) is 14.9 Å². The Balaban J connectivity index is 1.20. The summed E-state index contributed by atoms with van der Waals surface area (Å²) in [4.78, 5) is 10.7. The highest BCUT2D eigenvalue weighted by molar-refractivity contribution is 5.88. The molecule has 0 bridgehead atoms. The fourth-order valence-electron chi connectivity index (χ4n) is 5.87. The monoisotopic (exact) mass is 487 g/mol. The van der Waals surface area contributed by atoms with Crippen LogP contribution in [0.4, 0.5) is 4.39 Å². The van der Waals surface area contributed by atoms with Gasteiger partial charge >= 0.3 is 0 Å². The molecular formula is C30H34FN3O2. The number of aryl methyl sites for hydroxylation is 2. The number of hydrogen-bond donors (Lipinski definition) is 1. The van der Waals surface area contributed by atoms with E-state index in [-0.39, 0.29) is 11.9 Å². The second-order valence-electron chi connectivity index (χ2n) is 10.6. The summed E-state index contributed by atoms with van der Waals surface area (Å²) < 4.78 is 26.7. The Labute approximate surface area is 211 Å². The molecule has 2 aliphatic rings. The van der Waals surface area contributed by atoms with E-state index in [1.54, 1.807) is 6.07 Å². The van der Waals surface area contributed by atoms with Gasteiger partial charge in [-0.25, -0.2) is 4.39 Å². The third kappa shape index (κ3) is 4.32. The van der Waals surface area contributed by atoms with Crippen molar-refractivity contribution in [3.05, 3.63) is 65.2 Å². The highest BCUT2D eigenvalue weighted by Crippen LogP contribution is 2.39. The molecule has 0 amide bonds. The van der Waals surface area contributed by atoms with Crippen LogP contribution in [0.5, 0.6) is 11.5 Å². The second kappa shape index (κ2) is 9.40. The Morgan fingerprint density at radius 3 is 2.89 bits per heavy atom. The maximum atomic E-state index is 14.0. The second-order valence-corrected chi connectivity index (χ2v) is 10.6. The lowest BCUT2D eigenvalue weighted by Crippen LogP contribution is -2.46. The summed E-state index contributed by atoms with van der Waals surface area (Å²) in [7, 11) is 0. The number of fused-ring (bicyclic) bond motifs is 6. The van der Waals surface area contributed by atoms with Gasteiger partial charge < -0.3 is 14.5 Å². The Kier molecular flexibility index (Phi) is 6.08. The molecular weight excluding hydrogens is 453 g/mol. The minimum atomic E-state index is -0.166. The Morgan fingerprint density at radius 1 is 1.14 bits per heavy atom. The molecule has 2 aromatic heterocycles. The summed E-state index contributed by atoms with van der Waals surface area (Å²) in [5, 5.41) is 2.05. The first-order valence-electron chi connectivity index (χ1n) is 13.2. The molecule has 36 heavy (non-hydrogen) atoms. The van der Waals surface area contributed by atoms with E-state index in [0.29, 0.717) is 18.6 Å². The van der Waals surface area contributed by atoms with Crippen LogP contribution >= 0.6 is 0 Å². The SMILES string of the molecule is CCC(C)N(C[C@@H]1CCc2[nH]c3ccc(F)cc3c2C1)C[C@H]1COc2ccc3nc(C)ccc3c2O1. The lowest BCUT2D eigenvalue weighted by atomic mass is 9.85. The van der Waals surface area contributed by atoms with E-state index in [2.05, 4.69) is 34.8 Å². The number of halogens is 1. The van der Waals surface area contributed by atoms with Crippen LogP contribution in [0, 0.1) is 18.7 Å². The number of pyridine rings is 1. The van der Waals surface area contributed by atoms with Crippen molar-refractivity contribution in [2.45, 2.75) is 58.6 Å². The number of aromatic nitrogens is 2. The molecule has 6 rings (SSSR count). The van der Waals surface area contributed by atoms with Gasteiger partial charge in [0.15, 0.2) is 11.5 Å². The lowest BCUT2D eigenvalue weighted by molar-refractivity contribution is 0.0410. The molecule has 5 nitrogen and oxygen atoms in total. The maximum Gasteiger partial charge on any atom is 0.171 e. The van der Waals surface area contributed by atoms with Crippen LogP contribution in [0.15, 0.2) is 42.5 Å². The number of H-pyrrole nitrogens is 1. The molecule has 0 fully saturated rings. The van der Waals surface area contributed by atoms with Gasteiger partial charge in [0.25, 0.3) is 0 Å². The van der Waals surface area contributed by atoms with Crippen LogP contribution in [0.25, 0.3) is 21.8 Å². The summed E-state index contributed by atoms with van der Waals surface area (Å²) in [5.41, 5.74) is 5.55. The number of aromatic amines is 1. The van der Waals surface area contributed by atoms with E-state index >= 15 is 0 Å². The highest BCUT2D eigenvalue weighted by Gasteiger charge is 2.30. The molecule has 0 saturated heterocycles. The zero-order valence-electron chi connectivity index (χ0n) is 21.3. The van der Waals surface area contributed by atoms with Gasteiger partial charge in [0.05, 0.1) is 5.52 Å². The molecule has 0 saturated carbocycles. The number of ether oxygens (including phenoxy) is 2. The first kappa shape index (κ1) is 23.3. The minimum Gasteiger partial charge on any atom is -0.486 e. The van der Waals surface area contributed by atoms with Gasteiger partial charge in [-0.2, -0.15) is 0 Å². The number of nitrogens with zero attached hydrogens (tertiary/aromatic N) is 2. The molecule has 6 heteroatoms. The largest absolute Gasteiger partial charge is 0.486 e. The number of rotatable bonds is 6. The summed E-state index contributed by atoms with van der Waals surface area (Å²) in [6.07, 6.45) is 4.16. The van der Waals surface area contributed by atoms with Crippen molar-refractivity contribution < 1.29 is 13.9 Å². The smallest absolute Gasteiger partial charge is 0.171 e. The third-order valence-corrected chi connectivity index (χ3v) is 8.03. The molecule has 4 aromatic rings. The summed E-state index contributed by atoms with van der Waals surface area (Å²) >= 11 is 0.